The molecule has 2 amide bonds. The van der Waals surface area contributed by atoms with Crippen LogP contribution in [0.5, 0.6) is 0 Å². The predicted octanol–water partition coefficient (Wildman–Crippen LogP) is 3.50. The summed E-state index contributed by atoms with van der Waals surface area (Å²) in [6, 6.07) is 14.1. The number of rotatable bonds is 7. The third-order valence-corrected chi connectivity index (χ3v) is 4.18. The first kappa shape index (κ1) is 18.7. The van der Waals surface area contributed by atoms with Crippen LogP contribution in [-0.4, -0.2) is 21.4 Å². The first-order chi connectivity index (χ1) is 13.1. The maximum absolute atomic E-state index is 12.3. The number of carbonyl (C=O) groups is 2. The summed E-state index contributed by atoms with van der Waals surface area (Å²) in [7, 11) is 0. The van der Waals surface area contributed by atoms with Crippen LogP contribution >= 0.6 is 11.6 Å². The van der Waals surface area contributed by atoms with Gasteiger partial charge in [-0.25, -0.2) is 4.98 Å². The lowest BCUT2D eigenvalue weighted by Crippen LogP contribution is -2.23. The third kappa shape index (κ3) is 5.69. The van der Waals surface area contributed by atoms with Crippen LogP contribution in [-0.2, 0) is 17.9 Å². The zero-order chi connectivity index (χ0) is 19.1. The lowest BCUT2D eigenvalue weighted by atomic mass is 10.1. The zero-order valence-electron chi connectivity index (χ0n) is 14.6. The summed E-state index contributed by atoms with van der Waals surface area (Å²) in [5.41, 5.74) is 2.03. The van der Waals surface area contributed by atoms with Crippen LogP contribution in [0.1, 0.15) is 22.3 Å². The first-order valence-corrected chi connectivity index (χ1v) is 8.86. The number of benzene rings is 2. The van der Waals surface area contributed by atoms with Crippen molar-refractivity contribution in [2.45, 2.75) is 19.5 Å². The van der Waals surface area contributed by atoms with Gasteiger partial charge in [0.2, 0.25) is 5.91 Å². The Morgan fingerprint density at radius 3 is 2.67 bits per heavy atom. The van der Waals surface area contributed by atoms with E-state index in [-0.39, 0.29) is 11.8 Å². The minimum absolute atomic E-state index is 0.123. The summed E-state index contributed by atoms with van der Waals surface area (Å²) >= 11 is 5.85. The number of halogens is 1. The Hall–Kier alpha value is -3.12. The molecule has 0 bridgehead atoms. The smallest absolute Gasteiger partial charge is 0.251 e. The molecule has 0 spiro atoms. The monoisotopic (exact) mass is 382 g/mol. The molecule has 6 nitrogen and oxygen atoms in total. The van der Waals surface area contributed by atoms with Gasteiger partial charge < -0.3 is 15.2 Å². The summed E-state index contributed by atoms with van der Waals surface area (Å²) in [6.45, 7) is 0.949. The van der Waals surface area contributed by atoms with Crippen molar-refractivity contribution >= 4 is 29.1 Å². The van der Waals surface area contributed by atoms with Crippen LogP contribution in [0.2, 0.25) is 5.02 Å². The maximum atomic E-state index is 12.3. The van der Waals surface area contributed by atoms with Crippen LogP contribution in [0.15, 0.2) is 67.3 Å². The first-order valence-electron chi connectivity index (χ1n) is 8.48. The highest BCUT2D eigenvalue weighted by atomic mass is 35.5. The number of imidazole rings is 1. The van der Waals surface area contributed by atoms with Gasteiger partial charge in [0, 0.05) is 48.2 Å². The molecular weight excluding hydrogens is 364 g/mol. The van der Waals surface area contributed by atoms with E-state index >= 15 is 0 Å². The minimum atomic E-state index is -0.209. The molecular formula is C20H19ClN4O2. The fourth-order valence-corrected chi connectivity index (χ4v) is 2.62. The van der Waals surface area contributed by atoms with Crippen molar-refractivity contribution in [3.63, 3.8) is 0 Å². The molecule has 7 heteroatoms. The minimum Gasteiger partial charge on any atom is -0.348 e. The normalized spacial score (nSPS) is 10.4. The lowest BCUT2D eigenvalue weighted by Gasteiger charge is -2.09. The summed E-state index contributed by atoms with van der Waals surface area (Å²) < 4.78 is 1.83. The second kappa shape index (κ2) is 9.00. The van der Waals surface area contributed by atoms with Crippen molar-refractivity contribution in [1.29, 1.82) is 0 Å². The number of aromatic nitrogens is 2. The zero-order valence-corrected chi connectivity index (χ0v) is 15.3. The molecule has 138 valence electrons. The van der Waals surface area contributed by atoms with Crippen molar-refractivity contribution < 1.29 is 9.59 Å². The molecule has 0 atom stereocenters. The van der Waals surface area contributed by atoms with E-state index in [9.17, 15) is 9.59 Å². The second-order valence-electron chi connectivity index (χ2n) is 5.99. The molecule has 2 N–H and O–H groups in total. The van der Waals surface area contributed by atoms with Crippen molar-refractivity contribution in [2.75, 3.05) is 5.32 Å². The van der Waals surface area contributed by atoms with Crippen molar-refractivity contribution in [1.82, 2.24) is 14.9 Å². The van der Waals surface area contributed by atoms with E-state index in [2.05, 4.69) is 15.6 Å². The summed E-state index contributed by atoms with van der Waals surface area (Å²) in [5, 5.41) is 6.32. The van der Waals surface area contributed by atoms with E-state index in [0.29, 0.717) is 35.8 Å². The van der Waals surface area contributed by atoms with Gasteiger partial charge >= 0.3 is 0 Å². The van der Waals surface area contributed by atoms with Gasteiger partial charge in [0.05, 0.1) is 6.33 Å². The molecule has 0 aliphatic heterocycles. The Bertz CT molecular complexity index is 908. The largest absolute Gasteiger partial charge is 0.348 e. The summed E-state index contributed by atoms with van der Waals surface area (Å²) in [4.78, 5) is 28.4. The number of carbonyl (C=O) groups excluding carboxylic acids is 2. The predicted molar refractivity (Wildman–Crippen MR) is 105 cm³/mol. The molecule has 0 fully saturated rings. The van der Waals surface area contributed by atoms with Crippen molar-refractivity contribution in [3.05, 3.63) is 83.4 Å². The molecule has 0 unspecified atom stereocenters. The standard InChI is InChI=1S/C20H19ClN4O2/c21-17-6-4-15(5-7-17)13-23-20(27)16-2-1-3-18(12-16)24-19(26)8-10-25-11-9-22-14-25/h1-7,9,11-12,14H,8,10,13H2,(H,23,27)(H,24,26). The van der Waals surface area contributed by atoms with Gasteiger partial charge in [-0.05, 0) is 35.9 Å². The third-order valence-electron chi connectivity index (χ3n) is 3.93. The van der Waals surface area contributed by atoms with Crippen LogP contribution in [0.3, 0.4) is 0 Å². The van der Waals surface area contributed by atoms with E-state index in [1.165, 1.54) is 0 Å². The molecule has 0 aliphatic rings. The highest BCUT2D eigenvalue weighted by Crippen LogP contribution is 2.12. The molecule has 1 heterocycles. The molecule has 27 heavy (non-hydrogen) atoms. The topological polar surface area (TPSA) is 76.0 Å². The summed E-state index contributed by atoms with van der Waals surface area (Å²) in [6.07, 6.45) is 5.46. The van der Waals surface area contributed by atoms with Gasteiger partial charge in [0.15, 0.2) is 0 Å². The number of anilines is 1. The molecule has 0 aliphatic carbocycles. The molecule has 3 rings (SSSR count). The van der Waals surface area contributed by atoms with Gasteiger partial charge in [-0.2, -0.15) is 0 Å². The quantitative estimate of drug-likeness (QED) is 0.656. The summed E-state index contributed by atoms with van der Waals surface area (Å²) in [5.74, 6) is -0.332. The average Bonchev–Trinajstić information content (AvgIpc) is 3.19. The van der Waals surface area contributed by atoms with E-state index in [1.807, 2.05) is 16.7 Å². The van der Waals surface area contributed by atoms with E-state index < -0.39 is 0 Å². The molecule has 0 saturated carbocycles. The Kier molecular flexibility index (Phi) is 6.22. The molecule has 1 aromatic heterocycles. The molecule has 2 aromatic carbocycles. The van der Waals surface area contributed by atoms with E-state index in [0.717, 1.165) is 5.56 Å². The van der Waals surface area contributed by atoms with Gasteiger partial charge in [0.1, 0.15) is 0 Å². The van der Waals surface area contributed by atoms with Gasteiger partial charge in [-0.3, -0.25) is 9.59 Å². The Morgan fingerprint density at radius 1 is 1.11 bits per heavy atom. The fourth-order valence-electron chi connectivity index (χ4n) is 2.50. The number of nitrogens with one attached hydrogen (secondary N) is 2. The number of nitrogens with zero attached hydrogens (tertiary/aromatic N) is 2. The molecule has 0 radical (unpaired) electrons. The van der Waals surface area contributed by atoms with Crippen LogP contribution in [0, 0.1) is 0 Å². The molecule has 3 aromatic rings. The van der Waals surface area contributed by atoms with Crippen molar-refractivity contribution in [3.8, 4) is 0 Å². The lowest BCUT2D eigenvalue weighted by molar-refractivity contribution is -0.116. The SMILES string of the molecule is O=C(CCn1ccnc1)Nc1cccc(C(=O)NCc2ccc(Cl)cc2)c1. The van der Waals surface area contributed by atoms with Gasteiger partial charge in [0.25, 0.3) is 5.91 Å². The van der Waals surface area contributed by atoms with Crippen LogP contribution in [0.25, 0.3) is 0 Å². The second-order valence-corrected chi connectivity index (χ2v) is 6.43. The fraction of sp³-hybridized carbons (Fsp3) is 0.150. The van der Waals surface area contributed by atoms with E-state index in [1.54, 1.807) is 55.1 Å². The van der Waals surface area contributed by atoms with Crippen LogP contribution in [0.4, 0.5) is 5.69 Å². The average molecular weight is 383 g/mol. The van der Waals surface area contributed by atoms with Gasteiger partial charge in [-0.1, -0.05) is 29.8 Å². The Morgan fingerprint density at radius 2 is 1.93 bits per heavy atom. The van der Waals surface area contributed by atoms with Crippen molar-refractivity contribution in [2.24, 2.45) is 0 Å². The van der Waals surface area contributed by atoms with Crippen LogP contribution < -0.4 is 10.6 Å². The number of amides is 2. The maximum Gasteiger partial charge on any atom is 0.251 e. The number of aryl methyl sites for hydroxylation is 1. The van der Waals surface area contributed by atoms with Gasteiger partial charge in [-0.15, -0.1) is 0 Å². The molecule has 0 saturated heterocycles. The highest BCUT2D eigenvalue weighted by Gasteiger charge is 2.08. The number of hydrogen-bond donors (Lipinski definition) is 2. The Balaban J connectivity index is 1.53. The highest BCUT2D eigenvalue weighted by molar-refractivity contribution is 6.30. The van der Waals surface area contributed by atoms with E-state index in [4.69, 9.17) is 11.6 Å². The Labute approximate surface area is 162 Å². The number of hydrogen-bond acceptors (Lipinski definition) is 3.